The van der Waals surface area contributed by atoms with Crippen LogP contribution >= 0.6 is 0 Å². The lowest BCUT2D eigenvalue weighted by Gasteiger charge is -2.23. The molecule has 0 fully saturated rings. The number of sulfonamides is 1. The molecule has 3 aromatic rings. The van der Waals surface area contributed by atoms with Crippen molar-refractivity contribution in [3.8, 4) is 0 Å². The van der Waals surface area contributed by atoms with Gasteiger partial charge in [-0.2, -0.15) is 4.31 Å². The molecule has 10 nitrogen and oxygen atoms in total. The molecule has 0 atom stereocenters. The number of benzene rings is 1. The maximum atomic E-state index is 13.5. The number of nitrogens with zero attached hydrogens (tertiary/aromatic N) is 4. The van der Waals surface area contributed by atoms with Crippen LogP contribution in [0.3, 0.4) is 0 Å². The van der Waals surface area contributed by atoms with Gasteiger partial charge in [0.15, 0.2) is 0 Å². The van der Waals surface area contributed by atoms with Gasteiger partial charge in [-0.15, -0.1) is 0 Å². The van der Waals surface area contributed by atoms with Crippen LogP contribution in [0, 0.1) is 0 Å². The molecule has 190 valence electrons. The SMILES string of the molecule is CCCC(=O)N(C)c1ccc(CN(Cc2cccc(NCC(=O)O)n2)S(=O)(=O)c2cccnc2)cc1. The summed E-state index contributed by atoms with van der Waals surface area (Å²) in [5.41, 5.74) is 1.89. The van der Waals surface area contributed by atoms with Gasteiger partial charge in [0.1, 0.15) is 17.3 Å². The van der Waals surface area contributed by atoms with E-state index in [4.69, 9.17) is 5.11 Å². The molecule has 2 aromatic heterocycles. The predicted octanol–water partition coefficient (Wildman–Crippen LogP) is 3.13. The van der Waals surface area contributed by atoms with Crippen molar-refractivity contribution >= 4 is 33.4 Å². The van der Waals surface area contributed by atoms with Gasteiger partial charge in [0.05, 0.1) is 12.2 Å². The van der Waals surface area contributed by atoms with E-state index in [2.05, 4.69) is 15.3 Å². The van der Waals surface area contributed by atoms with Gasteiger partial charge in [0, 0.05) is 38.1 Å². The molecule has 0 saturated heterocycles. The smallest absolute Gasteiger partial charge is 0.322 e. The standard InChI is InChI=1S/C25H29N5O5S/c1-3-6-24(31)29(2)21-12-10-19(11-13-21)17-30(36(34,35)22-8-5-14-26-15-22)18-20-7-4-9-23(28-20)27-16-25(32)33/h4-5,7-15H,3,6,16-18H2,1-2H3,(H,27,28)(H,32,33). The summed E-state index contributed by atoms with van der Waals surface area (Å²) < 4.78 is 28.3. The van der Waals surface area contributed by atoms with E-state index in [0.29, 0.717) is 17.9 Å². The molecule has 0 radical (unpaired) electrons. The molecule has 1 aromatic carbocycles. The zero-order valence-electron chi connectivity index (χ0n) is 20.2. The largest absolute Gasteiger partial charge is 0.480 e. The Morgan fingerprint density at radius 2 is 1.78 bits per heavy atom. The molecule has 3 rings (SSSR count). The molecule has 0 aliphatic rings. The fraction of sp³-hybridized carbons (Fsp3) is 0.280. The van der Waals surface area contributed by atoms with Gasteiger partial charge in [-0.3, -0.25) is 14.6 Å². The number of hydrogen-bond acceptors (Lipinski definition) is 7. The van der Waals surface area contributed by atoms with Crippen LogP contribution in [0.5, 0.6) is 0 Å². The third-order valence-corrected chi connectivity index (χ3v) is 7.13. The molecule has 36 heavy (non-hydrogen) atoms. The summed E-state index contributed by atoms with van der Waals surface area (Å²) in [6, 6.07) is 15.1. The minimum atomic E-state index is -3.93. The van der Waals surface area contributed by atoms with Crippen molar-refractivity contribution in [3.63, 3.8) is 0 Å². The molecule has 0 aliphatic carbocycles. The lowest BCUT2D eigenvalue weighted by Crippen LogP contribution is -2.31. The molecular formula is C25H29N5O5S. The number of hydrogen-bond donors (Lipinski definition) is 2. The van der Waals surface area contributed by atoms with Gasteiger partial charge < -0.3 is 15.3 Å². The highest BCUT2D eigenvalue weighted by Gasteiger charge is 2.26. The Kier molecular flexibility index (Phi) is 9.09. The molecule has 0 aliphatic heterocycles. The predicted molar refractivity (Wildman–Crippen MR) is 136 cm³/mol. The van der Waals surface area contributed by atoms with Crippen LogP contribution in [0.15, 0.2) is 71.9 Å². The third kappa shape index (κ3) is 7.09. The van der Waals surface area contributed by atoms with E-state index >= 15 is 0 Å². The molecular weight excluding hydrogens is 482 g/mol. The van der Waals surface area contributed by atoms with Crippen molar-refractivity contribution < 1.29 is 23.1 Å². The fourth-order valence-corrected chi connectivity index (χ4v) is 4.81. The Labute approximate surface area is 210 Å². The summed E-state index contributed by atoms with van der Waals surface area (Å²) in [4.78, 5) is 33.0. The van der Waals surface area contributed by atoms with Crippen LogP contribution in [0.2, 0.25) is 0 Å². The van der Waals surface area contributed by atoms with Crippen LogP contribution < -0.4 is 10.2 Å². The summed E-state index contributed by atoms with van der Waals surface area (Å²) in [7, 11) is -2.22. The fourth-order valence-electron chi connectivity index (χ4n) is 3.44. The number of carboxylic acid groups (broad SMARTS) is 1. The Morgan fingerprint density at radius 1 is 1.03 bits per heavy atom. The van der Waals surface area contributed by atoms with Gasteiger partial charge in [0.2, 0.25) is 15.9 Å². The number of amides is 1. The van der Waals surface area contributed by atoms with Crippen molar-refractivity contribution in [1.82, 2.24) is 14.3 Å². The molecule has 11 heteroatoms. The van der Waals surface area contributed by atoms with Crippen molar-refractivity contribution in [2.45, 2.75) is 37.8 Å². The first-order valence-electron chi connectivity index (χ1n) is 11.4. The molecule has 0 unspecified atom stereocenters. The highest BCUT2D eigenvalue weighted by molar-refractivity contribution is 7.89. The molecule has 0 saturated carbocycles. The van der Waals surface area contributed by atoms with Crippen LogP contribution in [0.4, 0.5) is 11.5 Å². The quantitative estimate of drug-likeness (QED) is 0.379. The number of rotatable bonds is 12. The number of aromatic nitrogens is 2. The summed E-state index contributed by atoms with van der Waals surface area (Å²) in [5, 5.41) is 11.6. The first-order valence-corrected chi connectivity index (χ1v) is 12.8. The van der Waals surface area contributed by atoms with Crippen LogP contribution in [0.25, 0.3) is 0 Å². The summed E-state index contributed by atoms with van der Waals surface area (Å²) in [5.74, 6) is -0.695. The minimum absolute atomic E-state index is 0.00787. The summed E-state index contributed by atoms with van der Waals surface area (Å²) in [6.45, 7) is 1.64. The number of pyridine rings is 2. The van der Waals surface area contributed by atoms with E-state index in [1.807, 2.05) is 6.92 Å². The monoisotopic (exact) mass is 511 g/mol. The summed E-state index contributed by atoms with van der Waals surface area (Å²) >= 11 is 0. The highest BCUT2D eigenvalue weighted by atomic mass is 32.2. The molecule has 0 spiro atoms. The first-order chi connectivity index (χ1) is 17.2. The van der Waals surface area contributed by atoms with E-state index < -0.39 is 16.0 Å². The van der Waals surface area contributed by atoms with E-state index in [-0.39, 0.29) is 30.4 Å². The first kappa shape index (κ1) is 26.8. The van der Waals surface area contributed by atoms with Gasteiger partial charge in [0.25, 0.3) is 0 Å². The van der Waals surface area contributed by atoms with E-state index in [9.17, 15) is 18.0 Å². The second-order valence-corrected chi connectivity index (χ2v) is 10.0. The van der Waals surface area contributed by atoms with Gasteiger partial charge in [-0.1, -0.05) is 25.1 Å². The highest BCUT2D eigenvalue weighted by Crippen LogP contribution is 2.22. The van der Waals surface area contributed by atoms with E-state index in [1.54, 1.807) is 60.5 Å². The number of aliphatic carboxylic acids is 1. The van der Waals surface area contributed by atoms with Crippen LogP contribution in [0.1, 0.15) is 31.0 Å². The number of anilines is 2. The Bertz CT molecular complexity index is 1280. The normalized spacial score (nSPS) is 11.3. The van der Waals surface area contributed by atoms with Crippen LogP contribution in [-0.2, 0) is 32.7 Å². The molecule has 1 amide bonds. The van der Waals surface area contributed by atoms with Gasteiger partial charge in [-0.05, 0) is 48.4 Å². The summed E-state index contributed by atoms with van der Waals surface area (Å²) in [6.07, 6.45) is 3.99. The molecule has 2 N–H and O–H groups in total. The third-order valence-electron chi connectivity index (χ3n) is 5.36. The van der Waals surface area contributed by atoms with Gasteiger partial charge in [-0.25, -0.2) is 13.4 Å². The lowest BCUT2D eigenvalue weighted by atomic mass is 10.2. The molecule has 2 heterocycles. The maximum absolute atomic E-state index is 13.5. The van der Waals surface area contributed by atoms with Crippen molar-refractivity contribution in [2.75, 3.05) is 23.8 Å². The van der Waals surface area contributed by atoms with E-state index in [1.165, 1.54) is 22.8 Å². The Morgan fingerprint density at radius 3 is 2.42 bits per heavy atom. The average molecular weight is 512 g/mol. The number of carboxylic acids is 1. The van der Waals surface area contributed by atoms with Gasteiger partial charge >= 0.3 is 5.97 Å². The lowest BCUT2D eigenvalue weighted by molar-refractivity contribution is -0.135. The van der Waals surface area contributed by atoms with Crippen molar-refractivity contribution in [3.05, 3.63) is 78.2 Å². The number of nitrogens with one attached hydrogen (secondary N) is 1. The molecule has 0 bridgehead atoms. The second-order valence-electron chi connectivity index (χ2n) is 8.09. The second kappa shape index (κ2) is 12.2. The average Bonchev–Trinajstić information content (AvgIpc) is 2.88. The van der Waals surface area contributed by atoms with E-state index in [0.717, 1.165) is 17.7 Å². The number of carbonyl (C=O) groups excluding carboxylic acids is 1. The van der Waals surface area contributed by atoms with Crippen molar-refractivity contribution in [1.29, 1.82) is 0 Å². The zero-order chi connectivity index (χ0) is 26.1. The number of carbonyl (C=O) groups is 2. The Hall–Kier alpha value is -3.83. The topological polar surface area (TPSA) is 133 Å². The van der Waals surface area contributed by atoms with Crippen molar-refractivity contribution in [2.24, 2.45) is 0 Å². The van der Waals surface area contributed by atoms with Crippen LogP contribution in [-0.4, -0.2) is 53.3 Å². The minimum Gasteiger partial charge on any atom is -0.480 e. The zero-order valence-corrected chi connectivity index (χ0v) is 21.0. The Balaban J connectivity index is 1.87. The maximum Gasteiger partial charge on any atom is 0.322 e.